The molecule has 0 unspecified atom stereocenters. The molecular formula is C22H24N6O2S. The average Bonchev–Trinajstić information content (AvgIpc) is 2.82. The maximum absolute atomic E-state index is 12.7. The minimum atomic E-state index is -0.452. The predicted octanol–water partition coefficient (Wildman–Crippen LogP) is 1.38. The number of piperazine rings is 1. The Morgan fingerprint density at radius 1 is 0.968 bits per heavy atom. The largest absolute Gasteiger partial charge is 0.339 e. The molecule has 0 radical (unpaired) electrons. The lowest BCUT2D eigenvalue weighted by atomic mass is 9.96. The minimum Gasteiger partial charge on any atom is -0.339 e. The van der Waals surface area contributed by atoms with Crippen LogP contribution in [0.5, 0.6) is 0 Å². The van der Waals surface area contributed by atoms with Gasteiger partial charge >= 0.3 is 0 Å². The summed E-state index contributed by atoms with van der Waals surface area (Å²) in [5.41, 5.74) is 2.03. The zero-order valence-electron chi connectivity index (χ0n) is 17.0. The van der Waals surface area contributed by atoms with Crippen molar-refractivity contribution in [3.8, 4) is 0 Å². The number of benzene rings is 2. The number of hydrogen-bond acceptors (Lipinski definition) is 7. The van der Waals surface area contributed by atoms with Crippen LogP contribution in [-0.4, -0.2) is 62.5 Å². The van der Waals surface area contributed by atoms with Gasteiger partial charge < -0.3 is 10.7 Å². The predicted molar refractivity (Wildman–Crippen MR) is 120 cm³/mol. The van der Waals surface area contributed by atoms with Gasteiger partial charge in [-0.15, -0.1) is 5.10 Å². The highest BCUT2D eigenvalue weighted by atomic mass is 32.2. The van der Waals surface area contributed by atoms with E-state index in [1.54, 1.807) is 0 Å². The van der Waals surface area contributed by atoms with Crippen LogP contribution in [0.3, 0.4) is 0 Å². The Labute approximate surface area is 184 Å². The third-order valence-electron chi connectivity index (χ3n) is 5.34. The zero-order valence-corrected chi connectivity index (χ0v) is 17.8. The molecule has 0 spiro atoms. The number of carbonyl (C=O) groups excluding carboxylic acids is 1. The lowest BCUT2D eigenvalue weighted by Crippen LogP contribution is -2.50. The Bertz CT molecular complexity index is 1030. The Hall–Kier alpha value is -3.17. The molecule has 1 saturated heterocycles. The fraction of sp³-hybridized carbons (Fsp3) is 0.273. The lowest BCUT2D eigenvalue weighted by molar-refractivity contribution is -0.130. The molecule has 160 valence electrons. The van der Waals surface area contributed by atoms with Crippen molar-refractivity contribution in [2.24, 2.45) is 0 Å². The molecule has 1 aromatic heterocycles. The second kappa shape index (κ2) is 9.76. The minimum absolute atomic E-state index is 0.00118. The van der Waals surface area contributed by atoms with Gasteiger partial charge in [0.15, 0.2) is 0 Å². The number of hydrogen-bond donors (Lipinski definition) is 1. The van der Waals surface area contributed by atoms with Gasteiger partial charge in [-0.1, -0.05) is 72.4 Å². The molecule has 0 saturated carbocycles. The number of aromatic nitrogens is 3. The quantitative estimate of drug-likeness (QED) is 0.460. The Morgan fingerprint density at radius 2 is 1.55 bits per heavy atom. The summed E-state index contributed by atoms with van der Waals surface area (Å²) in [5, 5.41) is 7.67. The van der Waals surface area contributed by atoms with Crippen molar-refractivity contribution >= 4 is 17.7 Å². The van der Waals surface area contributed by atoms with E-state index in [0.717, 1.165) is 35.7 Å². The van der Waals surface area contributed by atoms with Crippen LogP contribution in [-0.2, 0) is 4.79 Å². The number of nitrogens with two attached hydrogens (primary N) is 1. The monoisotopic (exact) mass is 436 g/mol. The van der Waals surface area contributed by atoms with Crippen molar-refractivity contribution in [3.63, 3.8) is 0 Å². The van der Waals surface area contributed by atoms with Crippen LogP contribution in [0.15, 0.2) is 76.8 Å². The van der Waals surface area contributed by atoms with E-state index in [-0.39, 0.29) is 22.9 Å². The summed E-state index contributed by atoms with van der Waals surface area (Å²) in [6.45, 7) is 2.84. The Morgan fingerprint density at radius 3 is 2.13 bits per heavy atom. The summed E-state index contributed by atoms with van der Waals surface area (Å²) in [7, 11) is 0. The molecule has 8 nitrogen and oxygen atoms in total. The maximum Gasteiger partial charge on any atom is 0.291 e. The van der Waals surface area contributed by atoms with Crippen LogP contribution < -0.4 is 11.4 Å². The third kappa shape index (κ3) is 4.95. The molecule has 3 aromatic rings. The first-order chi connectivity index (χ1) is 15.1. The highest BCUT2D eigenvalue weighted by Crippen LogP contribution is 2.29. The first kappa shape index (κ1) is 21.1. The van der Waals surface area contributed by atoms with E-state index in [1.165, 1.54) is 11.1 Å². The van der Waals surface area contributed by atoms with E-state index >= 15 is 0 Å². The van der Waals surface area contributed by atoms with Gasteiger partial charge in [-0.25, -0.2) is 0 Å². The molecule has 1 aliphatic heterocycles. The summed E-state index contributed by atoms with van der Waals surface area (Å²) < 4.78 is 0.910. The molecule has 1 aliphatic rings. The molecule has 2 aromatic carbocycles. The standard InChI is InChI=1S/C22H24N6O2S/c23-28-19(29)15-24-25-22(28)31-16-20(30)26-11-13-27(14-12-26)21(17-7-3-1-4-8-17)18-9-5-2-6-10-18/h1-10,15,21H,11-14,16,23H2. The summed E-state index contributed by atoms with van der Waals surface area (Å²) in [5.74, 6) is 5.82. The van der Waals surface area contributed by atoms with Crippen molar-refractivity contribution in [2.75, 3.05) is 37.8 Å². The number of amides is 1. The van der Waals surface area contributed by atoms with E-state index in [0.29, 0.717) is 13.1 Å². The number of carbonyl (C=O) groups is 1. The van der Waals surface area contributed by atoms with E-state index in [2.05, 4.69) is 63.6 Å². The van der Waals surface area contributed by atoms with E-state index in [9.17, 15) is 9.59 Å². The van der Waals surface area contributed by atoms with Gasteiger partial charge in [0.1, 0.15) is 6.20 Å². The summed E-state index contributed by atoms with van der Waals surface area (Å²) in [6.07, 6.45) is 1.04. The van der Waals surface area contributed by atoms with Crippen LogP contribution in [0.25, 0.3) is 0 Å². The van der Waals surface area contributed by atoms with Gasteiger partial charge in [0, 0.05) is 26.2 Å². The molecule has 9 heteroatoms. The third-order valence-corrected chi connectivity index (χ3v) is 6.27. The van der Waals surface area contributed by atoms with Gasteiger partial charge in [0.05, 0.1) is 11.8 Å². The van der Waals surface area contributed by atoms with Crippen molar-refractivity contribution in [1.29, 1.82) is 0 Å². The average molecular weight is 437 g/mol. The summed E-state index contributed by atoms with van der Waals surface area (Å²) >= 11 is 1.12. The molecule has 2 N–H and O–H groups in total. The highest BCUT2D eigenvalue weighted by Gasteiger charge is 2.28. The second-order valence-electron chi connectivity index (χ2n) is 7.26. The number of thioether (sulfide) groups is 1. The van der Waals surface area contributed by atoms with E-state index < -0.39 is 5.56 Å². The van der Waals surface area contributed by atoms with E-state index in [4.69, 9.17) is 5.84 Å². The van der Waals surface area contributed by atoms with Crippen LogP contribution in [0.1, 0.15) is 17.2 Å². The van der Waals surface area contributed by atoms with Gasteiger partial charge in [-0.3, -0.25) is 14.5 Å². The van der Waals surface area contributed by atoms with Gasteiger partial charge in [0.2, 0.25) is 11.1 Å². The molecule has 4 rings (SSSR count). The summed E-state index contributed by atoms with van der Waals surface area (Å²) in [4.78, 5) is 28.5. The number of rotatable bonds is 6. The Balaban J connectivity index is 1.40. The molecule has 1 amide bonds. The topological polar surface area (TPSA) is 97.3 Å². The molecule has 0 bridgehead atoms. The number of nitrogens with zero attached hydrogens (tertiary/aromatic N) is 5. The van der Waals surface area contributed by atoms with Gasteiger partial charge in [-0.05, 0) is 11.1 Å². The second-order valence-corrected chi connectivity index (χ2v) is 8.21. The first-order valence-electron chi connectivity index (χ1n) is 10.1. The van der Waals surface area contributed by atoms with Gasteiger partial charge in [0.25, 0.3) is 5.56 Å². The van der Waals surface area contributed by atoms with Crippen molar-refractivity contribution in [2.45, 2.75) is 11.2 Å². The van der Waals surface area contributed by atoms with Crippen molar-refractivity contribution < 1.29 is 4.79 Å². The first-order valence-corrected chi connectivity index (χ1v) is 11.1. The number of nitrogen functional groups attached to an aromatic ring is 1. The Kier molecular flexibility index (Phi) is 6.63. The van der Waals surface area contributed by atoms with Crippen molar-refractivity contribution in [1.82, 2.24) is 24.7 Å². The van der Waals surface area contributed by atoms with Gasteiger partial charge in [-0.2, -0.15) is 9.77 Å². The molecule has 1 fully saturated rings. The normalized spacial score (nSPS) is 14.7. The molecule has 0 atom stereocenters. The fourth-order valence-electron chi connectivity index (χ4n) is 3.76. The molecule has 2 heterocycles. The smallest absolute Gasteiger partial charge is 0.291 e. The lowest BCUT2D eigenvalue weighted by Gasteiger charge is -2.39. The fourth-order valence-corrected chi connectivity index (χ4v) is 4.53. The van der Waals surface area contributed by atoms with Crippen LogP contribution >= 0.6 is 11.8 Å². The molecule has 31 heavy (non-hydrogen) atoms. The highest BCUT2D eigenvalue weighted by molar-refractivity contribution is 7.99. The zero-order chi connectivity index (χ0) is 21.6. The molecule has 0 aliphatic carbocycles. The molecular weight excluding hydrogens is 412 g/mol. The van der Waals surface area contributed by atoms with Crippen LogP contribution in [0.2, 0.25) is 0 Å². The summed E-state index contributed by atoms with van der Waals surface area (Å²) in [6, 6.07) is 21.1. The van der Waals surface area contributed by atoms with Crippen LogP contribution in [0.4, 0.5) is 0 Å². The van der Waals surface area contributed by atoms with E-state index in [1.807, 2.05) is 17.0 Å². The SMILES string of the molecule is Nn1c(SCC(=O)N2CCN(C(c3ccccc3)c3ccccc3)CC2)nncc1=O. The van der Waals surface area contributed by atoms with Crippen LogP contribution in [0, 0.1) is 0 Å². The van der Waals surface area contributed by atoms with Crippen molar-refractivity contribution in [3.05, 3.63) is 88.3 Å². The maximum atomic E-state index is 12.7.